The molecule has 1 atom stereocenters. The lowest BCUT2D eigenvalue weighted by atomic mass is 9.82. The van der Waals surface area contributed by atoms with Gasteiger partial charge in [-0.2, -0.15) is 0 Å². The minimum absolute atomic E-state index is 0.0876. The predicted octanol–water partition coefficient (Wildman–Crippen LogP) is 4.82. The summed E-state index contributed by atoms with van der Waals surface area (Å²) < 4.78 is 5.27. The molecule has 170 valence electrons. The highest BCUT2D eigenvalue weighted by molar-refractivity contribution is 7.98. The van der Waals surface area contributed by atoms with Gasteiger partial charge in [0.25, 0.3) is 5.56 Å². The number of allylic oxidation sites excluding steroid dienone is 1. The molecule has 4 rings (SSSR count). The Morgan fingerprint density at radius 1 is 1.21 bits per heavy atom. The molecule has 0 fully saturated rings. The molecule has 3 N–H and O–H groups in total. The summed E-state index contributed by atoms with van der Waals surface area (Å²) in [7, 11) is 0. The van der Waals surface area contributed by atoms with Crippen molar-refractivity contribution in [3.05, 3.63) is 91.9 Å². The number of carbonyl (C=O) groups excluding carboxylic acids is 1. The second-order valence-electron chi connectivity index (χ2n) is 7.42. The quantitative estimate of drug-likeness (QED) is 0.262. The van der Waals surface area contributed by atoms with E-state index in [4.69, 9.17) is 16.3 Å². The van der Waals surface area contributed by atoms with Crippen LogP contribution in [0.1, 0.15) is 36.5 Å². The molecule has 1 aromatic heterocycles. The first-order valence-corrected chi connectivity index (χ1v) is 11.7. The highest BCUT2D eigenvalue weighted by atomic mass is 35.5. The average molecular weight is 484 g/mol. The molecule has 1 aliphatic heterocycles. The summed E-state index contributed by atoms with van der Waals surface area (Å²) in [5.74, 6) is -0.206. The number of carbonyl (C=O) groups is 1. The van der Waals surface area contributed by atoms with Gasteiger partial charge in [-0.1, -0.05) is 53.7 Å². The fraction of sp³-hybridized carbons (Fsp3) is 0.208. The largest absolute Gasteiger partial charge is 0.508 e. The number of H-pyrrole nitrogens is 1. The molecular formula is C24H22ClN3O4S. The molecule has 0 radical (unpaired) electrons. The van der Waals surface area contributed by atoms with Crippen LogP contribution in [0.2, 0.25) is 5.02 Å². The number of phenolic OH excluding ortho intramolecular Hbond substituents is 1. The van der Waals surface area contributed by atoms with Gasteiger partial charge in [-0.05, 0) is 43.2 Å². The average Bonchev–Trinajstić information content (AvgIpc) is 2.78. The summed E-state index contributed by atoms with van der Waals surface area (Å²) in [5.41, 5.74) is 2.44. The molecule has 0 saturated heterocycles. The van der Waals surface area contributed by atoms with Gasteiger partial charge in [-0.15, -0.1) is 0 Å². The number of hydrogen-bond acceptors (Lipinski definition) is 7. The number of anilines is 1. The zero-order valence-corrected chi connectivity index (χ0v) is 19.6. The van der Waals surface area contributed by atoms with E-state index in [-0.39, 0.29) is 17.9 Å². The number of aromatic amines is 1. The van der Waals surface area contributed by atoms with Crippen molar-refractivity contribution in [2.24, 2.45) is 0 Å². The maximum Gasteiger partial charge on any atom is 0.336 e. The van der Waals surface area contributed by atoms with E-state index in [1.54, 1.807) is 26.0 Å². The number of esters is 1. The van der Waals surface area contributed by atoms with Gasteiger partial charge in [0.05, 0.1) is 23.7 Å². The van der Waals surface area contributed by atoms with E-state index in [1.165, 1.54) is 23.9 Å². The van der Waals surface area contributed by atoms with Crippen LogP contribution in [0.5, 0.6) is 5.75 Å². The van der Waals surface area contributed by atoms with Crippen LogP contribution in [0, 0.1) is 0 Å². The molecular weight excluding hydrogens is 462 g/mol. The van der Waals surface area contributed by atoms with Crippen LogP contribution in [0.25, 0.3) is 0 Å². The second-order valence-corrected chi connectivity index (χ2v) is 8.79. The van der Waals surface area contributed by atoms with Gasteiger partial charge >= 0.3 is 5.97 Å². The fourth-order valence-electron chi connectivity index (χ4n) is 3.74. The van der Waals surface area contributed by atoms with Crippen LogP contribution in [-0.4, -0.2) is 27.7 Å². The second kappa shape index (κ2) is 9.72. The molecule has 0 spiro atoms. The number of ether oxygens (including phenoxy) is 1. The maximum absolute atomic E-state index is 13.2. The molecule has 2 heterocycles. The van der Waals surface area contributed by atoms with Crippen LogP contribution in [0.3, 0.4) is 0 Å². The lowest BCUT2D eigenvalue weighted by molar-refractivity contribution is -0.138. The number of thioether (sulfide) groups is 1. The van der Waals surface area contributed by atoms with E-state index in [0.29, 0.717) is 44.1 Å². The topological polar surface area (TPSA) is 104 Å². The summed E-state index contributed by atoms with van der Waals surface area (Å²) in [4.78, 5) is 33.5. The number of benzene rings is 2. The first-order chi connectivity index (χ1) is 15.9. The summed E-state index contributed by atoms with van der Waals surface area (Å²) in [6, 6.07) is 13.9. The molecule has 7 nitrogen and oxygen atoms in total. The molecule has 0 saturated carbocycles. The number of aromatic hydroxyl groups is 1. The van der Waals surface area contributed by atoms with Crippen molar-refractivity contribution in [2.45, 2.75) is 30.7 Å². The number of rotatable bonds is 6. The van der Waals surface area contributed by atoms with Crippen LogP contribution >= 0.6 is 23.4 Å². The van der Waals surface area contributed by atoms with Gasteiger partial charge in [-0.3, -0.25) is 4.79 Å². The molecule has 3 aromatic rings. The molecule has 0 bridgehead atoms. The zero-order chi connectivity index (χ0) is 23.5. The Bertz CT molecular complexity index is 1290. The van der Waals surface area contributed by atoms with Crippen LogP contribution < -0.4 is 10.9 Å². The molecule has 1 unspecified atom stereocenters. The Labute approximate surface area is 199 Å². The number of fused-ring (bicyclic) bond motifs is 1. The third-order valence-electron chi connectivity index (χ3n) is 5.26. The lowest BCUT2D eigenvalue weighted by Gasteiger charge is -2.28. The number of nitrogens with zero attached hydrogens (tertiary/aromatic N) is 1. The molecule has 0 amide bonds. The number of hydrogen-bond donors (Lipinski definition) is 3. The van der Waals surface area contributed by atoms with Crippen LogP contribution in [0.4, 0.5) is 5.82 Å². The number of phenols is 1. The van der Waals surface area contributed by atoms with Crippen molar-refractivity contribution in [1.29, 1.82) is 0 Å². The lowest BCUT2D eigenvalue weighted by Crippen LogP contribution is -2.31. The van der Waals surface area contributed by atoms with E-state index >= 15 is 0 Å². The molecule has 1 aliphatic rings. The first kappa shape index (κ1) is 22.9. The fourth-order valence-corrected chi connectivity index (χ4v) is 4.89. The number of nitrogens with one attached hydrogen (secondary N) is 2. The minimum atomic E-state index is -0.695. The Hall–Kier alpha value is -3.23. The number of aromatic nitrogens is 2. The highest BCUT2D eigenvalue weighted by Gasteiger charge is 2.36. The minimum Gasteiger partial charge on any atom is -0.508 e. The predicted molar refractivity (Wildman–Crippen MR) is 129 cm³/mol. The van der Waals surface area contributed by atoms with Crippen molar-refractivity contribution in [1.82, 2.24) is 9.97 Å². The molecule has 9 heteroatoms. The van der Waals surface area contributed by atoms with Crippen molar-refractivity contribution < 1.29 is 14.6 Å². The molecule has 2 aromatic carbocycles. The zero-order valence-electron chi connectivity index (χ0n) is 18.0. The van der Waals surface area contributed by atoms with Crippen molar-refractivity contribution in [3.8, 4) is 5.75 Å². The van der Waals surface area contributed by atoms with E-state index in [2.05, 4.69) is 15.3 Å². The van der Waals surface area contributed by atoms with Crippen LogP contribution in [0.15, 0.2) is 69.8 Å². The van der Waals surface area contributed by atoms with Crippen molar-refractivity contribution >= 4 is 35.1 Å². The Kier molecular flexibility index (Phi) is 6.76. The third kappa shape index (κ3) is 4.77. The Morgan fingerprint density at radius 3 is 2.64 bits per heavy atom. The smallest absolute Gasteiger partial charge is 0.336 e. The monoisotopic (exact) mass is 483 g/mol. The van der Waals surface area contributed by atoms with E-state index in [0.717, 1.165) is 5.56 Å². The van der Waals surface area contributed by atoms with E-state index in [1.807, 2.05) is 24.3 Å². The maximum atomic E-state index is 13.2. The normalized spacial score (nSPS) is 15.1. The summed E-state index contributed by atoms with van der Waals surface area (Å²) in [6.07, 6.45) is 0. The summed E-state index contributed by atoms with van der Waals surface area (Å²) in [5, 5.41) is 13.9. The summed E-state index contributed by atoms with van der Waals surface area (Å²) >= 11 is 7.60. The van der Waals surface area contributed by atoms with Gasteiger partial charge in [-0.25, -0.2) is 9.78 Å². The number of halogens is 1. The van der Waals surface area contributed by atoms with E-state index in [9.17, 15) is 14.7 Å². The van der Waals surface area contributed by atoms with Gasteiger partial charge in [0.1, 0.15) is 11.6 Å². The summed E-state index contributed by atoms with van der Waals surface area (Å²) in [6.45, 7) is 3.68. The van der Waals surface area contributed by atoms with E-state index < -0.39 is 11.9 Å². The third-order valence-corrected chi connectivity index (χ3v) is 6.56. The molecule has 0 aliphatic carbocycles. The van der Waals surface area contributed by atoms with Gasteiger partial charge in [0.15, 0.2) is 5.16 Å². The highest BCUT2D eigenvalue weighted by Crippen LogP contribution is 2.40. The molecule has 33 heavy (non-hydrogen) atoms. The van der Waals surface area contributed by atoms with Gasteiger partial charge in [0, 0.05) is 16.5 Å². The van der Waals surface area contributed by atoms with Crippen LogP contribution in [-0.2, 0) is 15.3 Å². The Balaban J connectivity index is 1.76. The van der Waals surface area contributed by atoms with Crippen molar-refractivity contribution in [3.63, 3.8) is 0 Å². The first-order valence-electron chi connectivity index (χ1n) is 10.3. The Morgan fingerprint density at radius 2 is 1.94 bits per heavy atom. The SMILES string of the molecule is CCOC(=O)C1=C(C)Nc2nc(SCc3ccccc3Cl)[nH]c(=O)c2C1c1ccc(O)cc1. The van der Waals surface area contributed by atoms with Gasteiger partial charge < -0.3 is 20.1 Å². The van der Waals surface area contributed by atoms with Gasteiger partial charge in [0.2, 0.25) is 0 Å². The standard InChI is InChI=1S/C24H22ClN3O4S/c1-3-32-23(31)18-13(2)26-21-20(19(18)14-8-10-16(29)11-9-14)22(30)28-24(27-21)33-12-15-6-4-5-7-17(15)25/h4-11,19,29H,3,12H2,1-2H3,(H2,26,27,28,30). The van der Waals surface area contributed by atoms with Crippen molar-refractivity contribution in [2.75, 3.05) is 11.9 Å².